The van der Waals surface area contributed by atoms with E-state index in [-0.39, 0.29) is 5.91 Å². The third-order valence-electron chi connectivity index (χ3n) is 5.20. The van der Waals surface area contributed by atoms with Crippen molar-refractivity contribution in [3.63, 3.8) is 0 Å². The first-order valence-corrected chi connectivity index (χ1v) is 9.85. The molecule has 0 aliphatic carbocycles. The number of ether oxygens (including phenoxy) is 2. The Labute approximate surface area is 164 Å². The average molecular weight is 389 g/mol. The molecular formula is C21H29N2O5+. The SMILES string of the molecule is Cc1cc(=O)oc2c(C)c(O[C@H](C)C(=O)NCCC[NH+]3CCOCC3)ccc12. The lowest BCUT2D eigenvalue weighted by molar-refractivity contribution is -0.908. The van der Waals surface area contributed by atoms with Crippen molar-refractivity contribution < 1.29 is 23.6 Å². The Bertz CT molecular complexity index is 886. The molecule has 0 radical (unpaired) electrons. The van der Waals surface area contributed by atoms with E-state index < -0.39 is 11.7 Å². The smallest absolute Gasteiger partial charge is 0.336 e. The fourth-order valence-electron chi connectivity index (χ4n) is 3.48. The van der Waals surface area contributed by atoms with Crippen LogP contribution < -0.4 is 20.6 Å². The molecule has 0 unspecified atom stereocenters. The van der Waals surface area contributed by atoms with Gasteiger partial charge >= 0.3 is 5.63 Å². The number of hydrogen-bond acceptors (Lipinski definition) is 5. The molecule has 1 aromatic heterocycles. The van der Waals surface area contributed by atoms with Gasteiger partial charge in [-0.25, -0.2) is 4.79 Å². The number of fused-ring (bicyclic) bond motifs is 1. The van der Waals surface area contributed by atoms with Gasteiger partial charge < -0.3 is 24.1 Å². The molecule has 2 aromatic rings. The molecule has 1 atom stereocenters. The second-order valence-corrected chi connectivity index (χ2v) is 7.33. The predicted molar refractivity (Wildman–Crippen MR) is 106 cm³/mol. The summed E-state index contributed by atoms with van der Waals surface area (Å²) in [6, 6.07) is 5.14. The highest BCUT2D eigenvalue weighted by molar-refractivity contribution is 5.85. The van der Waals surface area contributed by atoms with Crippen LogP contribution in [0.1, 0.15) is 24.5 Å². The molecule has 1 aromatic carbocycles. The average Bonchev–Trinajstić information content (AvgIpc) is 2.68. The van der Waals surface area contributed by atoms with Gasteiger partial charge in [0.25, 0.3) is 5.91 Å². The van der Waals surface area contributed by atoms with E-state index in [0.717, 1.165) is 50.2 Å². The molecule has 1 aliphatic rings. The Balaban J connectivity index is 1.54. The van der Waals surface area contributed by atoms with Crippen LogP contribution >= 0.6 is 0 Å². The molecule has 152 valence electrons. The zero-order chi connectivity index (χ0) is 20.1. The highest BCUT2D eigenvalue weighted by Gasteiger charge is 2.18. The number of benzene rings is 1. The molecule has 0 bridgehead atoms. The Morgan fingerprint density at radius 3 is 2.79 bits per heavy atom. The van der Waals surface area contributed by atoms with Crippen LogP contribution in [0.2, 0.25) is 0 Å². The maximum atomic E-state index is 12.3. The first kappa shape index (κ1) is 20.4. The van der Waals surface area contributed by atoms with E-state index in [1.807, 2.05) is 26.0 Å². The number of morpholine rings is 1. The van der Waals surface area contributed by atoms with Crippen molar-refractivity contribution in [3.05, 3.63) is 39.7 Å². The van der Waals surface area contributed by atoms with E-state index in [1.165, 1.54) is 11.0 Å². The van der Waals surface area contributed by atoms with E-state index in [9.17, 15) is 9.59 Å². The van der Waals surface area contributed by atoms with E-state index in [0.29, 0.717) is 23.4 Å². The van der Waals surface area contributed by atoms with Gasteiger partial charge in [-0.1, -0.05) is 0 Å². The third-order valence-corrected chi connectivity index (χ3v) is 5.20. The molecule has 2 heterocycles. The minimum Gasteiger partial charge on any atom is -0.480 e. The Kier molecular flexibility index (Phi) is 6.70. The van der Waals surface area contributed by atoms with Gasteiger partial charge in [0.15, 0.2) is 6.10 Å². The van der Waals surface area contributed by atoms with E-state index in [4.69, 9.17) is 13.9 Å². The largest absolute Gasteiger partial charge is 0.480 e. The number of carbonyl (C=O) groups excluding carboxylic acids is 1. The van der Waals surface area contributed by atoms with Crippen molar-refractivity contribution in [1.29, 1.82) is 0 Å². The van der Waals surface area contributed by atoms with Crippen molar-refractivity contribution in [2.24, 2.45) is 0 Å². The maximum absolute atomic E-state index is 12.3. The maximum Gasteiger partial charge on any atom is 0.336 e. The van der Waals surface area contributed by atoms with E-state index in [1.54, 1.807) is 6.92 Å². The number of hydrogen-bond donors (Lipinski definition) is 2. The van der Waals surface area contributed by atoms with E-state index >= 15 is 0 Å². The summed E-state index contributed by atoms with van der Waals surface area (Å²) in [7, 11) is 0. The van der Waals surface area contributed by atoms with Gasteiger partial charge in [-0.2, -0.15) is 0 Å². The highest BCUT2D eigenvalue weighted by atomic mass is 16.5. The second kappa shape index (κ2) is 9.21. The number of quaternary nitrogens is 1. The van der Waals surface area contributed by atoms with Gasteiger partial charge in [-0.3, -0.25) is 4.79 Å². The molecule has 1 amide bonds. The summed E-state index contributed by atoms with van der Waals surface area (Å²) in [6.45, 7) is 10.8. The summed E-state index contributed by atoms with van der Waals surface area (Å²) in [4.78, 5) is 25.5. The minimum absolute atomic E-state index is 0.151. The Morgan fingerprint density at radius 2 is 2.04 bits per heavy atom. The van der Waals surface area contributed by atoms with Gasteiger partial charge in [0.1, 0.15) is 24.4 Å². The number of carbonyl (C=O) groups is 1. The number of nitrogens with one attached hydrogen (secondary N) is 2. The fraction of sp³-hybridized carbons (Fsp3) is 0.524. The molecule has 1 saturated heterocycles. The van der Waals surface area contributed by atoms with Gasteiger partial charge in [-0.05, 0) is 38.5 Å². The van der Waals surface area contributed by atoms with Crippen LogP contribution in [0.25, 0.3) is 11.0 Å². The zero-order valence-corrected chi connectivity index (χ0v) is 16.8. The van der Waals surface area contributed by atoms with Crippen molar-refractivity contribution >= 4 is 16.9 Å². The fourth-order valence-corrected chi connectivity index (χ4v) is 3.48. The molecular weight excluding hydrogens is 360 g/mol. The van der Waals surface area contributed by atoms with Crippen LogP contribution in [0.4, 0.5) is 0 Å². The minimum atomic E-state index is -0.636. The van der Waals surface area contributed by atoms with Gasteiger partial charge in [0, 0.05) is 30.0 Å². The van der Waals surface area contributed by atoms with Gasteiger partial charge in [0.05, 0.1) is 19.8 Å². The second-order valence-electron chi connectivity index (χ2n) is 7.33. The molecule has 0 spiro atoms. The third kappa shape index (κ3) is 4.91. The first-order chi connectivity index (χ1) is 13.5. The quantitative estimate of drug-likeness (QED) is 0.535. The van der Waals surface area contributed by atoms with Crippen LogP contribution in [0.15, 0.2) is 27.4 Å². The van der Waals surface area contributed by atoms with Crippen LogP contribution in [-0.2, 0) is 9.53 Å². The number of aryl methyl sites for hydroxylation is 2. The molecule has 3 rings (SSSR count). The molecule has 0 saturated carbocycles. The molecule has 28 heavy (non-hydrogen) atoms. The van der Waals surface area contributed by atoms with Gasteiger partial charge in [-0.15, -0.1) is 0 Å². The van der Waals surface area contributed by atoms with E-state index in [2.05, 4.69) is 5.32 Å². The van der Waals surface area contributed by atoms with Crippen LogP contribution in [-0.4, -0.2) is 51.4 Å². The summed E-state index contributed by atoms with van der Waals surface area (Å²) >= 11 is 0. The lowest BCUT2D eigenvalue weighted by atomic mass is 10.1. The van der Waals surface area contributed by atoms with Crippen molar-refractivity contribution in [3.8, 4) is 5.75 Å². The molecule has 1 aliphatic heterocycles. The Morgan fingerprint density at radius 1 is 1.29 bits per heavy atom. The molecule has 7 nitrogen and oxygen atoms in total. The lowest BCUT2D eigenvalue weighted by Gasteiger charge is -2.23. The summed E-state index contributed by atoms with van der Waals surface area (Å²) in [5, 5.41) is 3.80. The summed E-state index contributed by atoms with van der Waals surface area (Å²) in [6.07, 6.45) is 0.288. The Hall–Kier alpha value is -2.38. The normalized spacial score (nSPS) is 16.1. The van der Waals surface area contributed by atoms with Gasteiger partial charge in [0.2, 0.25) is 0 Å². The summed E-state index contributed by atoms with van der Waals surface area (Å²) in [5.41, 5.74) is 1.69. The summed E-state index contributed by atoms with van der Waals surface area (Å²) in [5.74, 6) is 0.392. The number of rotatable bonds is 7. The molecule has 1 fully saturated rings. The molecule has 7 heteroatoms. The highest BCUT2D eigenvalue weighted by Crippen LogP contribution is 2.28. The van der Waals surface area contributed by atoms with Crippen LogP contribution in [0.5, 0.6) is 5.75 Å². The number of amides is 1. The standard InChI is InChI=1S/C21H28N2O5/c1-14-13-19(24)28-20-15(2)18(6-5-17(14)20)27-16(3)21(25)22-7-4-8-23-9-11-26-12-10-23/h5-6,13,16H,4,7-12H2,1-3H3,(H,22,25)/p+1/t16-/m1/s1. The summed E-state index contributed by atoms with van der Waals surface area (Å²) < 4.78 is 16.5. The van der Waals surface area contributed by atoms with Crippen molar-refractivity contribution in [2.45, 2.75) is 33.3 Å². The zero-order valence-electron chi connectivity index (χ0n) is 16.8. The predicted octanol–water partition coefficient (Wildman–Crippen LogP) is 0.599. The lowest BCUT2D eigenvalue weighted by Crippen LogP contribution is -3.14. The monoisotopic (exact) mass is 389 g/mol. The van der Waals surface area contributed by atoms with Crippen LogP contribution in [0, 0.1) is 13.8 Å². The van der Waals surface area contributed by atoms with Crippen molar-refractivity contribution in [1.82, 2.24) is 5.32 Å². The molecule has 2 N–H and O–H groups in total. The first-order valence-electron chi connectivity index (χ1n) is 9.85. The van der Waals surface area contributed by atoms with Crippen molar-refractivity contribution in [2.75, 3.05) is 39.4 Å². The van der Waals surface area contributed by atoms with Crippen LogP contribution in [0.3, 0.4) is 0 Å². The topological polar surface area (TPSA) is 82.2 Å².